The van der Waals surface area contributed by atoms with Crippen molar-refractivity contribution in [2.45, 2.75) is 91.0 Å². The third kappa shape index (κ3) is 7.83. The molecule has 0 aromatic heterocycles. The van der Waals surface area contributed by atoms with E-state index in [0.29, 0.717) is 6.04 Å². The van der Waals surface area contributed by atoms with Gasteiger partial charge in [-0.1, -0.05) is 88.6 Å². The molecule has 0 aliphatic carbocycles. The minimum absolute atomic E-state index is 0.592. The number of quaternary nitrogens is 1. The Hall–Kier alpha value is -0.820. The van der Waals surface area contributed by atoms with Crippen molar-refractivity contribution in [3.8, 4) is 0 Å². The van der Waals surface area contributed by atoms with Gasteiger partial charge in [0.15, 0.2) is 0 Å². The van der Waals surface area contributed by atoms with Crippen LogP contribution in [0.25, 0.3) is 0 Å². The number of hydrogen-bond donors (Lipinski definition) is 0. The smallest absolute Gasteiger partial charge is 0.112 e. The van der Waals surface area contributed by atoms with E-state index in [0.717, 1.165) is 0 Å². The van der Waals surface area contributed by atoms with Gasteiger partial charge >= 0.3 is 0 Å². The van der Waals surface area contributed by atoms with E-state index in [1.807, 2.05) is 0 Å². The van der Waals surface area contributed by atoms with E-state index < -0.39 is 0 Å². The SMILES string of the molecule is CCCCCCCCCCCC[N+](C)(CC)C(C)c1ccccc1. The van der Waals surface area contributed by atoms with Gasteiger partial charge in [-0.15, -0.1) is 0 Å². The normalized spacial score (nSPS) is 15.2. The molecule has 0 saturated carbocycles. The molecular formula is C23H42N+. The number of rotatable bonds is 14. The Balaban J connectivity index is 2.19. The van der Waals surface area contributed by atoms with Gasteiger partial charge in [0, 0.05) is 5.56 Å². The maximum absolute atomic E-state index is 2.44. The van der Waals surface area contributed by atoms with E-state index in [9.17, 15) is 0 Å². The molecule has 1 heteroatoms. The van der Waals surface area contributed by atoms with Gasteiger partial charge in [-0.2, -0.15) is 0 Å². The molecule has 0 spiro atoms. The molecule has 0 heterocycles. The Morgan fingerprint density at radius 3 is 1.75 bits per heavy atom. The third-order valence-electron chi connectivity index (χ3n) is 5.96. The molecule has 0 saturated heterocycles. The van der Waals surface area contributed by atoms with Crippen LogP contribution in [0, 0.1) is 0 Å². The summed E-state index contributed by atoms with van der Waals surface area (Å²) in [7, 11) is 2.44. The van der Waals surface area contributed by atoms with Crippen molar-refractivity contribution in [3.05, 3.63) is 35.9 Å². The van der Waals surface area contributed by atoms with E-state index in [4.69, 9.17) is 0 Å². The molecule has 1 rings (SSSR count). The van der Waals surface area contributed by atoms with Gasteiger partial charge in [0.25, 0.3) is 0 Å². The minimum Gasteiger partial charge on any atom is -0.320 e. The van der Waals surface area contributed by atoms with Crippen molar-refractivity contribution < 1.29 is 4.48 Å². The van der Waals surface area contributed by atoms with Crippen LogP contribution >= 0.6 is 0 Å². The second-order valence-electron chi connectivity index (χ2n) is 7.79. The molecule has 2 unspecified atom stereocenters. The molecule has 2 atom stereocenters. The van der Waals surface area contributed by atoms with E-state index in [2.05, 4.69) is 58.2 Å². The third-order valence-corrected chi connectivity index (χ3v) is 5.96. The summed E-state index contributed by atoms with van der Waals surface area (Å²) < 4.78 is 1.17. The zero-order chi connectivity index (χ0) is 17.7. The number of benzene rings is 1. The summed E-state index contributed by atoms with van der Waals surface area (Å²) in [5.74, 6) is 0. The summed E-state index contributed by atoms with van der Waals surface area (Å²) in [5, 5.41) is 0. The fraction of sp³-hybridized carbons (Fsp3) is 0.739. The van der Waals surface area contributed by atoms with Crippen molar-refractivity contribution in [1.82, 2.24) is 0 Å². The van der Waals surface area contributed by atoms with Gasteiger partial charge in [-0.25, -0.2) is 0 Å². The summed E-state index contributed by atoms with van der Waals surface area (Å²) in [6, 6.07) is 11.6. The lowest BCUT2D eigenvalue weighted by molar-refractivity contribution is -0.936. The summed E-state index contributed by atoms with van der Waals surface area (Å²) in [6.45, 7) is 9.56. The molecule has 1 nitrogen and oxygen atoms in total. The van der Waals surface area contributed by atoms with Crippen LogP contribution in [0.5, 0.6) is 0 Å². The highest BCUT2D eigenvalue weighted by Gasteiger charge is 2.27. The van der Waals surface area contributed by atoms with Crippen molar-refractivity contribution in [3.63, 3.8) is 0 Å². The lowest BCUT2D eigenvalue weighted by Crippen LogP contribution is -2.46. The standard InChI is InChI=1S/C23H42N/c1-5-7-8-9-10-11-12-13-14-18-21-24(4,6-2)22(3)23-19-16-15-17-20-23/h15-17,19-20,22H,5-14,18,21H2,1-4H3/q+1. The zero-order valence-corrected chi connectivity index (χ0v) is 16.9. The monoisotopic (exact) mass is 332 g/mol. The first kappa shape index (κ1) is 21.2. The molecule has 0 amide bonds. The highest BCUT2D eigenvalue weighted by molar-refractivity contribution is 5.16. The van der Waals surface area contributed by atoms with Crippen LogP contribution in [-0.4, -0.2) is 24.6 Å². The number of hydrogen-bond acceptors (Lipinski definition) is 0. The first-order chi connectivity index (χ1) is 11.6. The average molecular weight is 333 g/mol. The Bertz CT molecular complexity index is 400. The van der Waals surface area contributed by atoms with Gasteiger partial charge < -0.3 is 4.48 Å². The van der Waals surface area contributed by atoms with Crippen LogP contribution in [0.15, 0.2) is 30.3 Å². The molecule has 0 N–H and O–H groups in total. The Labute approximate surface area is 152 Å². The van der Waals surface area contributed by atoms with Crippen LogP contribution in [0.4, 0.5) is 0 Å². The lowest BCUT2D eigenvalue weighted by Gasteiger charge is -2.39. The highest BCUT2D eigenvalue weighted by Crippen LogP contribution is 2.27. The number of unbranched alkanes of at least 4 members (excludes halogenated alkanes) is 9. The van der Waals surface area contributed by atoms with Crippen LogP contribution in [0.2, 0.25) is 0 Å². The quantitative estimate of drug-likeness (QED) is 0.251. The Morgan fingerprint density at radius 1 is 0.750 bits per heavy atom. The fourth-order valence-corrected chi connectivity index (χ4v) is 3.68. The van der Waals surface area contributed by atoms with E-state index in [1.165, 1.54) is 87.3 Å². The summed E-state index contributed by atoms with van der Waals surface area (Å²) >= 11 is 0. The first-order valence-electron chi connectivity index (χ1n) is 10.5. The molecule has 0 aliphatic heterocycles. The van der Waals surface area contributed by atoms with Crippen molar-refractivity contribution in [1.29, 1.82) is 0 Å². The van der Waals surface area contributed by atoms with Crippen molar-refractivity contribution in [2.24, 2.45) is 0 Å². The molecule has 0 fully saturated rings. The molecule has 1 aromatic rings. The molecule has 138 valence electrons. The molecule has 1 aromatic carbocycles. The second kappa shape index (κ2) is 12.5. The summed E-state index contributed by atoms with van der Waals surface area (Å²) in [5.41, 5.74) is 1.48. The predicted octanol–water partition coefficient (Wildman–Crippen LogP) is 7.14. The Kier molecular flexibility index (Phi) is 11.1. The van der Waals surface area contributed by atoms with Crippen molar-refractivity contribution >= 4 is 0 Å². The maximum Gasteiger partial charge on any atom is 0.112 e. The lowest BCUT2D eigenvalue weighted by atomic mass is 10.0. The predicted molar refractivity (Wildman–Crippen MR) is 108 cm³/mol. The van der Waals surface area contributed by atoms with Gasteiger partial charge in [-0.05, 0) is 26.7 Å². The topological polar surface area (TPSA) is 0 Å². The van der Waals surface area contributed by atoms with Gasteiger partial charge in [0.1, 0.15) is 6.04 Å². The Morgan fingerprint density at radius 2 is 1.25 bits per heavy atom. The zero-order valence-electron chi connectivity index (χ0n) is 16.9. The fourth-order valence-electron chi connectivity index (χ4n) is 3.68. The summed E-state index contributed by atoms with van der Waals surface area (Å²) in [4.78, 5) is 0. The van der Waals surface area contributed by atoms with E-state index >= 15 is 0 Å². The molecule has 24 heavy (non-hydrogen) atoms. The van der Waals surface area contributed by atoms with E-state index in [-0.39, 0.29) is 0 Å². The highest BCUT2D eigenvalue weighted by atomic mass is 15.3. The van der Waals surface area contributed by atoms with Crippen LogP contribution in [-0.2, 0) is 0 Å². The summed E-state index contributed by atoms with van der Waals surface area (Å²) in [6.07, 6.45) is 14.2. The second-order valence-corrected chi connectivity index (χ2v) is 7.79. The minimum atomic E-state index is 0.592. The van der Waals surface area contributed by atoms with Crippen molar-refractivity contribution in [2.75, 3.05) is 20.1 Å². The average Bonchev–Trinajstić information content (AvgIpc) is 2.63. The molecule has 0 aliphatic rings. The first-order valence-corrected chi connectivity index (χ1v) is 10.5. The largest absolute Gasteiger partial charge is 0.320 e. The van der Waals surface area contributed by atoms with Gasteiger partial charge in [0.05, 0.1) is 20.1 Å². The maximum atomic E-state index is 2.44. The number of nitrogens with zero attached hydrogens (tertiary/aromatic N) is 1. The van der Waals surface area contributed by atoms with E-state index in [1.54, 1.807) is 0 Å². The molecular weight excluding hydrogens is 290 g/mol. The van der Waals surface area contributed by atoms with Crippen LogP contribution in [0.3, 0.4) is 0 Å². The molecule has 0 radical (unpaired) electrons. The van der Waals surface area contributed by atoms with Gasteiger partial charge in [-0.3, -0.25) is 0 Å². The van der Waals surface area contributed by atoms with Gasteiger partial charge in [0.2, 0.25) is 0 Å². The molecule has 0 bridgehead atoms. The van der Waals surface area contributed by atoms with Crippen LogP contribution < -0.4 is 0 Å². The van der Waals surface area contributed by atoms with Crippen LogP contribution in [0.1, 0.15) is 96.6 Å².